The molecule has 5 nitrogen and oxygen atoms in total. The average molecular weight is 423 g/mol. The molecule has 166 valence electrons. The first kappa shape index (κ1) is 19.6. The van der Waals surface area contributed by atoms with E-state index in [1.54, 1.807) is 0 Å². The number of likely N-dealkylation sites (tertiary alicyclic amines) is 1. The summed E-state index contributed by atoms with van der Waals surface area (Å²) in [7, 11) is 0. The fourth-order valence-corrected chi connectivity index (χ4v) is 8.13. The van der Waals surface area contributed by atoms with Gasteiger partial charge in [-0.05, 0) is 100 Å². The minimum Gasteiger partial charge on any atom is -0.462 e. The number of amides is 1. The molecule has 2 heterocycles. The largest absolute Gasteiger partial charge is 0.462 e. The number of nitrogens with zero attached hydrogens (tertiary/aromatic N) is 2. The SMILES string of the molecule is CCOC(=O)c1ccc(N2CCC3CC2CN3C(=O)C23CC4CC(CC(C4)C2)C3)cc1. The summed E-state index contributed by atoms with van der Waals surface area (Å²) >= 11 is 0. The number of hydrogen-bond donors (Lipinski definition) is 0. The quantitative estimate of drug-likeness (QED) is 0.681. The van der Waals surface area contributed by atoms with Gasteiger partial charge in [0.15, 0.2) is 0 Å². The second kappa shape index (κ2) is 7.25. The molecule has 2 aliphatic heterocycles. The molecule has 0 N–H and O–H groups in total. The molecular weight excluding hydrogens is 388 g/mol. The fraction of sp³-hybridized carbons (Fsp3) is 0.692. The molecule has 4 aliphatic carbocycles. The van der Waals surface area contributed by atoms with Crippen LogP contribution in [0.3, 0.4) is 0 Å². The molecule has 31 heavy (non-hydrogen) atoms. The first-order chi connectivity index (χ1) is 15.0. The number of hydrogen-bond acceptors (Lipinski definition) is 4. The Morgan fingerprint density at radius 2 is 1.61 bits per heavy atom. The summed E-state index contributed by atoms with van der Waals surface area (Å²) in [6, 6.07) is 8.62. The number of benzene rings is 1. The van der Waals surface area contributed by atoms with E-state index in [9.17, 15) is 9.59 Å². The maximum Gasteiger partial charge on any atom is 0.338 e. The Bertz CT molecular complexity index is 844. The zero-order chi connectivity index (χ0) is 21.2. The van der Waals surface area contributed by atoms with Crippen LogP contribution in [0.5, 0.6) is 0 Å². The number of esters is 1. The van der Waals surface area contributed by atoms with E-state index in [0.29, 0.717) is 30.2 Å². The molecule has 0 spiro atoms. The van der Waals surface area contributed by atoms with Crippen LogP contribution in [0.4, 0.5) is 5.69 Å². The molecule has 7 rings (SSSR count). The van der Waals surface area contributed by atoms with E-state index < -0.39 is 0 Å². The van der Waals surface area contributed by atoms with Gasteiger partial charge < -0.3 is 14.5 Å². The van der Waals surface area contributed by atoms with Gasteiger partial charge in [0.2, 0.25) is 5.91 Å². The molecule has 2 saturated heterocycles. The number of anilines is 1. The third kappa shape index (κ3) is 3.18. The number of fused-ring (bicyclic) bond motifs is 2. The molecule has 1 aromatic carbocycles. The highest BCUT2D eigenvalue weighted by atomic mass is 16.5. The molecule has 0 radical (unpaired) electrons. The molecule has 0 aromatic heterocycles. The Morgan fingerprint density at radius 1 is 0.968 bits per heavy atom. The summed E-state index contributed by atoms with van der Waals surface area (Å²) < 4.78 is 5.11. The van der Waals surface area contributed by atoms with Crippen molar-refractivity contribution in [3.63, 3.8) is 0 Å². The predicted octanol–water partition coefficient (Wildman–Crippen LogP) is 4.26. The lowest BCUT2D eigenvalue weighted by atomic mass is 9.49. The van der Waals surface area contributed by atoms with Crippen LogP contribution in [-0.4, -0.2) is 48.6 Å². The summed E-state index contributed by atoms with van der Waals surface area (Å²) in [5.41, 5.74) is 1.73. The first-order valence-corrected chi connectivity index (χ1v) is 12.4. The van der Waals surface area contributed by atoms with Crippen LogP contribution in [0.2, 0.25) is 0 Å². The number of piperidine rings is 1. The van der Waals surface area contributed by atoms with Crippen LogP contribution in [0.15, 0.2) is 24.3 Å². The summed E-state index contributed by atoms with van der Waals surface area (Å²) in [5, 5.41) is 0. The Labute approximate surface area is 185 Å². The Hall–Kier alpha value is -2.04. The zero-order valence-corrected chi connectivity index (χ0v) is 18.6. The summed E-state index contributed by atoms with van der Waals surface area (Å²) in [5.74, 6) is 2.67. The van der Waals surface area contributed by atoms with Crippen molar-refractivity contribution < 1.29 is 14.3 Å². The van der Waals surface area contributed by atoms with E-state index in [4.69, 9.17) is 4.74 Å². The van der Waals surface area contributed by atoms with Gasteiger partial charge in [-0.1, -0.05) is 0 Å². The molecule has 2 atom stereocenters. The molecule has 5 heteroatoms. The topological polar surface area (TPSA) is 49.9 Å². The van der Waals surface area contributed by atoms with Crippen LogP contribution >= 0.6 is 0 Å². The lowest BCUT2D eigenvalue weighted by Crippen LogP contribution is -2.55. The Morgan fingerprint density at radius 3 is 2.23 bits per heavy atom. The van der Waals surface area contributed by atoms with Crippen LogP contribution in [0, 0.1) is 23.2 Å². The number of carbonyl (C=O) groups excluding carboxylic acids is 2. The van der Waals surface area contributed by atoms with E-state index >= 15 is 0 Å². The van der Waals surface area contributed by atoms with Gasteiger partial charge in [0, 0.05) is 30.9 Å². The van der Waals surface area contributed by atoms with Gasteiger partial charge in [-0.2, -0.15) is 0 Å². The fourth-order valence-electron chi connectivity index (χ4n) is 8.13. The molecular formula is C26H34N2O3. The van der Waals surface area contributed by atoms with Crippen molar-refractivity contribution in [3.05, 3.63) is 29.8 Å². The van der Waals surface area contributed by atoms with Crippen molar-refractivity contribution in [2.45, 2.75) is 70.4 Å². The van der Waals surface area contributed by atoms with Crippen molar-refractivity contribution in [2.75, 3.05) is 24.6 Å². The zero-order valence-electron chi connectivity index (χ0n) is 18.6. The standard InChI is InChI=1S/C26H34N2O3/c1-2-31-24(29)20-3-5-21(6-4-20)27-8-7-22-12-23(27)16-28(22)25(30)26-13-17-9-18(14-26)11-19(10-17)15-26/h3-6,17-19,22-23H,2,7-16H2,1H3. The third-order valence-electron chi connectivity index (χ3n) is 9.00. The van der Waals surface area contributed by atoms with Crippen LogP contribution in [-0.2, 0) is 9.53 Å². The number of rotatable bonds is 4. The number of carbonyl (C=O) groups is 2. The molecule has 1 amide bonds. The molecule has 6 fully saturated rings. The monoisotopic (exact) mass is 422 g/mol. The Balaban J connectivity index is 1.17. The molecule has 6 aliphatic rings. The second-order valence-corrected chi connectivity index (χ2v) is 10.9. The van der Waals surface area contributed by atoms with Crippen molar-refractivity contribution in [2.24, 2.45) is 23.2 Å². The minimum absolute atomic E-state index is 0.0294. The molecule has 2 unspecified atom stereocenters. The maximum absolute atomic E-state index is 13.9. The molecule has 4 saturated carbocycles. The lowest BCUT2D eigenvalue weighted by Gasteiger charge is -2.56. The van der Waals surface area contributed by atoms with Gasteiger partial charge in [-0.3, -0.25) is 4.79 Å². The first-order valence-electron chi connectivity index (χ1n) is 12.4. The summed E-state index contributed by atoms with van der Waals surface area (Å²) in [6.07, 6.45) is 9.75. The van der Waals surface area contributed by atoms with E-state index in [2.05, 4.69) is 9.80 Å². The van der Waals surface area contributed by atoms with Crippen molar-refractivity contribution in [3.8, 4) is 0 Å². The van der Waals surface area contributed by atoms with Gasteiger partial charge in [-0.25, -0.2) is 4.79 Å². The van der Waals surface area contributed by atoms with Crippen LogP contribution in [0.25, 0.3) is 0 Å². The Kier molecular flexibility index (Phi) is 4.59. The smallest absolute Gasteiger partial charge is 0.338 e. The van der Waals surface area contributed by atoms with Gasteiger partial charge >= 0.3 is 5.97 Å². The van der Waals surface area contributed by atoms with E-state index in [1.807, 2.05) is 31.2 Å². The van der Waals surface area contributed by atoms with Crippen LogP contribution in [0.1, 0.15) is 68.6 Å². The highest BCUT2D eigenvalue weighted by Crippen LogP contribution is 2.61. The normalized spacial score (nSPS) is 37.9. The minimum atomic E-state index is -0.263. The molecule has 1 aromatic rings. The van der Waals surface area contributed by atoms with Crippen molar-refractivity contribution >= 4 is 17.6 Å². The van der Waals surface area contributed by atoms with Gasteiger partial charge in [0.25, 0.3) is 0 Å². The number of ether oxygens (including phenoxy) is 1. The van der Waals surface area contributed by atoms with Crippen LogP contribution < -0.4 is 4.90 Å². The van der Waals surface area contributed by atoms with E-state index in [-0.39, 0.29) is 11.4 Å². The van der Waals surface area contributed by atoms with Gasteiger partial charge in [-0.15, -0.1) is 0 Å². The lowest BCUT2D eigenvalue weighted by molar-refractivity contribution is -0.158. The maximum atomic E-state index is 13.9. The van der Waals surface area contributed by atoms with E-state index in [0.717, 1.165) is 68.6 Å². The van der Waals surface area contributed by atoms with Crippen molar-refractivity contribution in [1.29, 1.82) is 0 Å². The second-order valence-electron chi connectivity index (χ2n) is 10.9. The predicted molar refractivity (Wildman–Crippen MR) is 119 cm³/mol. The summed E-state index contributed by atoms with van der Waals surface area (Å²) in [4.78, 5) is 30.6. The third-order valence-corrected chi connectivity index (χ3v) is 9.00. The van der Waals surface area contributed by atoms with E-state index in [1.165, 1.54) is 19.3 Å². The summed E-state index contributed by atoms with van der Waals surface area (Å²) in [6.45, 7) is 4.07. The van der Waals surface area contributed by atoms with Gasteiger partial charge in [0.1, 0.15) is 0 Å². The van der Waals surface area contributed by atoms with Crippen molar-refractivity contribution in [1.82, 2.24) is 4.90 Å². The highest BCUT2D eigenvalue weighted by molar-refractivity contribution is 5.90. The highest BCUT2D eigenvalue weighted by Gasteiger charge is 2.57. The van der Waals surface area contributed by atoms with Gasteiger partial charge in [0.05, 0.1) is 17.6 Å². The molecule has 6 bridgehead atoms. The average Bonchev–Trinajstić information content (AvgIpc) is 3.09.